The number of hydrogen-bond acceptors (Lipinski definition) is 3. The first-order chi connectivity index (χ1) is 16.0. The van der Waals surface area contributed by atoms with Gasteiger partial charge in [-0.3, -0.25) is 4.79 Å². The third kappa shape index (κ3) is 3.70. The van der Waals surface area contributed by atoms with E-state index in [9.17, 15) is 4.79 Å². The Morgan fingerprint density at radius 3 is 1.88 bits per heavy atom. The summed E-state index contributed by atoms with van der Waals surface area (Å²) in [5.74, 6) is 1.54. The summed E-state index contributed by atoms with van der Waals surface area (Å²) in [6, 6.07) is 32.4. The predicted octanol–water partition coefficient (Wildman–Crippen LogP) is 7.31. The van der Waals surface area contributed by atoms with Gasteiger partial charge in [0.25, 0.3) is 0 Å². The molecular formula is C30H27NO2. The van der Waals surface area contributed by atoms with Gasteiger partial charge in [0, 0.05) is 35.8 Å². The highest BCUT2D eigenvalue weighted by molar-refractivity contribution is 6.01. The van der Waals surface area contributed by atoms with E-state index in [4.69, 9.17) is 4.74 Å². The minimum Gasteiger partial charge on any atom is -0.456 e. The van der Waals surface area contributed by atoms with Crippen molar-refractivity contribution in [3.63, 3.8) is 0 Å². The van der Waals surface area contributed by atoms with Crippen molar-refractivity contribution < 1.29 is 9.53 Å². The number of carbonyl (C=O) groups excluding carboxylic acids is 1. The Morgan fingerprint density at radius 1 is 0.697 bits per heavy atom. The molecule has 0 bridgehead atoms. The van der Waals surface area contributed by atoms with Crippen LogP contribution >= 0.6 is 0 Å². The number of rotatable bonds is 0. The van der Waals surface area contributed by atoms with E-state index in [1.807, 2.05) is 48.5 Å². The van der Waals surface area contributed by atoms with Gasteiger partial charge in [-0.1, -0.05) is 80.6 Å². The summed E-state index contributed by atoms with van der Waals surface area (Å²) < 4.78 is 5.75. The Kier molecular flexibility index (Phi) is 5.26. The van der Waals surface area contributed by atoms with Crippen LogP contribution in [-0.2, 0) is 11.8 Å². The standard InChI is InChI=1S/C16H17N.C14H10O2/c1-16(2)12-8-4-6-10-14(12)17(3)15-11-7-5-9-13(15)16;15-12-9-10-5-1-3-7-13(10)16-14-8-4-2-6-11(12)14/h4-11H,1-3H3;1-8H,9H2. The van der Waals surface area contributed by atoms with Gasteiger partial charge in [-0.2, -0.15) is 0 Å². The molecule has 0 aromatic heterocycles. The lowest BCUT2D eigenvalue weighted by molar-refractivity contribution is 0.0993. The van der Waals surface area contributed by atoms with E-state index in [2.05, 4.69) is 74.3 Å². The van der Waals surface area contributed by atoms with Crippen LogP contribution in [0.4, 0.5) is 11.4 Å². The number of para-hydroxylation sites is 4. The number of ether oxygens (including phenoxy) is 1. The SMILES string of the molecule is CN1c2ccccc2C(C)(C)c2ccccc21.O=C1Cc2ccccc2Oc2ccccc21. The molecule has 0 aliphatic carbocycles. The van der Waals surface area contributed by atoms with Gasteiger partial charge < -0.3 is 9.64 Å². The third-order valence-electron chi connectivity index (χ3n) is 6.61. The first-order valence-electron chi connectivity index (χ1n) is 11.3. The van der Waals surface area contributed by atoms with Crippen molar-refractivity contribution in [2.45, 2.75) is 25.7 Å². The van der Waals surface area contributed by atoms with Gasteiger partial charge in [0.05, 0.1) is 5.56 Å². The maximum Gasteiger partial charge on any atom is 0.171 e. The van der Waals surface area contributed by atoms with Crippen molar-refractivity contribution in [2.24, 2.45) is 0 Å². The summed E-state index contributed by atoms with van der Waals surface area (Å²) in [4.78, 5) is 14.3. The maximum absolute atomic E-state index is 12.0. The predicted molar refractivity (Wildman–Crippen MR) is 134 cm³/mol. The van der Waals surface area contributed by atoms with Crippen molar-refractivity contribution in [1.29, 1.82) is 0 Å². The maximum atomic E-state index is 12.0. The Morgan fingerprint density at radius 2 is 1.21 bits per heavy atom. The van der Waals surface area contributed by atoms with Gasteiger partial charge in [0.2, 0.25) is 0 Å². The first-order valence-corrected chi connectivity index (χ1v) is 11.3. The molecule has 6 rings (SSSR count). The fourth-order valence-electron chi connectivity index (χ4n) is 4.79. The molecule has 3 heteroatoms. The molecule has 0 saturated carbocycles. The third-order valence-corrected chi connectivity index (χ3v) is 6.61. The van der Waals surface area contributed by atoms with E-state index in [0.717, 1.165) is 11.3 Å². The molecule has 0 fully saturated rings. The summed E-state index contributed by atoms with van der Waals surface area (Å²) in [6.45, 7) is 4.61. The molecule has 4 aromatic carbocycles. The summed E-state index contributed by atoms with van der Waals surface area (Å²) >= 11 is 0. The largest absolute Gasteiger partial charge is 0.456 e. The normalized spacial score (nSPS) is 14.9. The van der Waals surface area contributed by atoms with Gasteiger partial charge in [-0.25, -0.2) is 0 Å². The average molecular weight is 434 g/mol. The number of carbonyl (C=O) groups is 1. The van der Waals surface area contributed by atoms with Crippen molar-refractivity contribution in [3.05, 3.63) is 119 Å². The lowest BCUT2D eigenvalue weighted by Crippen LogP contribution is -2.30. The number of nitrogens with zero attached hydrogens (tertiary/aromatic N) is 1. The van der Waals surface area contributed by atoms with Crippen LogP contribution in [-0.4, -0.2) is 12.8 Å². The molecule has 2 aliphatic rings. The lowest BCUT2D eigenvalue weighted by Gasteiger charge is -2.40. The van der Waals surface area contributed by atoms with Crippen molar-refractivity contribution in [3.8, 4) is 11.5 Å². The monoisotopic (exact) mass is 433 g/mol. The molecule has 3 nitrogen and oxygen atoms in total. The van der Waals surface area contributed by atoms with Gasteiger partial charge in [-0.15, -0.1) is 0 Å². The Labute approximate surface area is 195 Å². The molecule has 2 heterocycles. The molecule has 0 amide bonds. The zero-order valence-corrected chi connectivity index (χ0v) is 19.2. The highest BCUT2D eigenvalue weighted by Gasteiger charge is 2.34. The van der Waals surface area contributed by atoms with Crippen molar-refractivity contribution in [1.82, 2.24) is 0 Å². The number of benzene rings is 4. The number of anilines is 2. The van der Waals surface area contributed by atoms with E-state index in [1.54, 1.807) is 0 Å². The number of hydrogen-bond donors (Lipinski definition) is 0. The molecule has 33 heavy (non-hydrogen) atoms. The smallest absolute Gasteiger partial charge is 0.171 e. The minimum absolute atomic E-state index is 0.0830. The van der Waals surface area contributed by atoms with Crippen molar-refractivity contribution in [2.75, 3.05) is 11.9 Å². The summed E-state index contributed by atoms with van der Waals surface area (Å²) in [5.41, 5.74) is 7.14. The van der Waals surface area contributed by atoms with E-state index in [0.29, 0.717) is 17.7 Å². The Hall–Kier alpha value is -3.85. The highest BCUT2D eigenvalue weighted by atomic mass is 16.5. The number of fused-ring (bicyclic) bond motifs is 4. The molecule has 0 saturated heterocycles. The Balaban J connectivity index is 0.000000139. The molecule has 164 valence electrons. The molecule has 0 N–H and O–H groups in total. The molecule has 0 unspecified atom stereocenters. The molecule has 4 aromatic rings. The molecule has 0 spiro atoms. The second kappa shape index (κ2) is 8.25. The zero-order chi connectivity index (χ0) is 23.0. The van der Waals surface area contributed by atoms with Crippen LogP contribution in [0.2, 0.25) is 0 Å². The Bertz CT molecular complexity index is 1290. The molecule has 0 atom stereocenters. The van der Waals surface area contributed by atoms with Crippen LogP contribution in [0.15, 0.2) is 97.1 Å². The second-order valence-electron chi connectivity index (χ2n) is 9.02. The quantitative estimate of drug-likeness (QED) is 0.291. The van der Waals surface area contributed by atoms with E-state index < -0.39 is 0 Å². The highest BCUT2D eigenvalue weighted by Crippen LogP contribution is 2.47. The van der Waals surface area contributed by atoms with Crippen LogP contribution in [0.5, 0.6) is 11.5 Å². The fourth-order valence-corrected chi connectivity index (χ4v) is 4.79. The summed E-state index contributed by atoms with van der Waals surface area (Å²) in [6.07, 6.45) is 0.410. The molecule has 2 aliphatic heterocycles. The fraction of sp³-hybridized carbons (Fsp3) is 0.167. The van der Waals surface area contributed by atoms with Gasteiger partial charge in [-0.05, 0) is 41.5 Å². The second-order valence-corrected chi connectivity index (χ2v) is 9.02. The average Bonchev–Trinajstić information content (AvgIpc) is 2.99. The van der Waals surface area contributed by atoms with Crippen LogP contribution in [0.3, 0.4) is 0 Å². The zero-order valence-electron chi connectivity index (χ0n) is 19.2. The van der Waals surface area contributed by atoms with E-state index in [1.165, 1.54) is 22.5 Å². The molecule has 0 radical (unpaired) electrons. The summed E-state index contributed by atoms with van der Waals surface area (Å²) in [7, 11) is 2.15. The minimum atomic E-state index is 0.0830. The van der Waals surface area contributed by atoms with Crippen LogP contribution in [0.1, 0.15) is 40.9 Å². The van der Waals surface area contributed by atoms with Crippen molar-refractivity contribution >= 4 is 17.2 Å². The molecular weight excluding hydrogens is 406 g/mol. The first kappa shape index (κ1) is 21.0. The number of ketones is 1. The van der Waals surface area contributed by atoms with Crippen LogP contribution in [0.25, 0.3) is 0 Å². The number of Topliss-reactive ketones (excluding diaryl/α,β-unsaturated/α-hetero) is 1. The lowest BCUT2D eigenvalue weighted by atomic mass is 9.74. The van der Waals surface area contributed by atoms with E-state index in [-0.39, 0.29) is 11.2 Å². The van der Waals surface area contributed by atoms with Crippen LogP contribution in [0, 0.1) is 0 Å². The summed E-state index contributed by atoms with van der Waals surface area (Å²) in [5, 5.41) is 0. The van der Waals surface area contributed by atoms with Gasteiger partial charge in [0.15, 0.2) is 5.78 Å². The van der Waals surface area contributed by atoms with Gasteiger partial charge >= 0.3 is 0 Å². The van der Waals surface area contributed by atoms with Gasteiger partial charge in [0.1, 0.15) is 11.5 Å². The van der Waals surface area contributed by atoms with Crippen LogP contribution < -0.4 is 9.64 Å². The van der Waals surface area contributed by atoms with E-state index >= 15 is 0 Å². The topological polar surface area (TPSA) is 29.5 Å².